The summed E-state index contributed by atoms with van der Waals surface area (Å²) in [6, 6.07) is 22.3. The molecule has 0 amide bonds. The van der Waals surface area contributed by atoms with Gasteiger partial charge in [0.1, 0.15) is 6.61 Å². The van der Waals surface area contributed by atoms with Crippen LogP contribution in [0.25, 0.3) is 11.0 Å². The van der Waals surface area contributed by atoms with Gasteiger partial charge in [0.2, 0.25) is 5.95 Å². The van der Waals surface area contributed by atoms with E-state index in [9.17, 15) is 0 Å². The number of para-hydroxylation sites is 2. The van der Waals surface area contributed by atoms with Gasteiger partial charge < -0.3 is 19.8 Å². The molecule has 0 unspecified atom stereocenters. The largest absolute Gasteiger partial charge is 0.493 e. The number of rotatable bonds is 7. The van der Waals surface area contributed by atoms with E-state index in [1.165, 1.54) is 4.90 Å². The number of nitrogen functional groups attached to an aromatic ring is 1. The second kappa shape index (κ2) is 8.49. The first-order valence-electron chi connectivity index (χ1n) is 9.31. The second-order valence-corrected chi connectivity index (χ2v) is 7.55. The summed E-state index contributed by atoms with van der Waals surface area (Å²) in [6.45, 7) is 1.10. The quantitative estimate of drug-likeness (QED) is 0.440. The number of benzene rings is 3. The number of nitrogens with zero attached hydrogens (tertiary/aromatic N) is 2. The Kier molecular flexibility index (Phi) is 5.62. The van der Waals surface area contributed by atoms with Crippen LogP contribution in [0.15, 0.2) is 71.6 Å². The minimum atomic E-state index is 0.490. The average Bonchev–Trinajstić information content (AvgIpc) is 3.08. The first-order valence-corrected chi connectivity index (χ1v) is 10.5. The zero-order valence-corrected chi connectivity index (χ0v) is 17.3. The van der Waals surface area contributed by atoms with E-state index in [1.54, 1.807) is 18.9 Å². The van der Waals surface area contributed by atoms with Gasteiger partial charge in [0.15, 0.2) is 11.5 Å². The molecule has 0 saturated heterocycles. The third kappa shape index (κ3) is 4.17. The Morgan fingerprint density at radius 3 is 2.48 bits per heavy atom. The lowest BCUT2D eigenvalue weighted by molar-refractivity contribution is 0.284. The predicted molar refractivity (Wildman–Crippen MR) is 119 cm³/mol. The van der Waals surface area contributed by atoms with Crippen LogP contribution in [0.4, 0.5) is 5.95 Å². The highest BCUT2D eigenvalue weighted by atomic mass is 32.2. The summed E-state index contributed by atoms with van der Waals surface area (Å²) in [4.78, 5) is 5.67. The third-order valence-electron chi connectivity index (χ3n) is 4.81. The molecule has 0 aliphatic carbocycles. The molecule has 0 atom stereocenters. The molecule has 0 saturated carbocycles. The topological polar surface area (TPSA) is 62.3 Å². The number of methoxy groups -OCH3 is 1. The van der Waals surface area contributed by atoms with Gasteiger partial charge in [-0.15, -0.1) is 11.8 Å². The van der Waals surface area contributed by atoms with Crippen molar-refractivity contribution < 1.29 is 9.47 Å². The van der Waals surface area contributed by atoms with Crippen molar-refractivity contribution in [2.45, 2.75) is 18.0 Å². The monoisotopic (exact) mass is 405 g/mol. The highest BCUT2D eigenvalue weighted by Crippen LogP contribution is 2.30. The maximum atomic E-state index is 6.13. The van der Waals surface area contributed by atoms with Gasteiger partial charge in [-0.05, 0) is 53.8 Å². The number of nitrogens with two attached hydrogens (primary N) is 1. The highest BCUT2D eigenvalue weighted by molar-refractivity contribution is 7.98. The minimum absolute atomic E-state index is 0.490. The third-order valence-corrected chi connectivity index (χ3v) is 5.55. The molecular weight excluding hydrogens is 382 g/mol. The average molecular weight is 406 g/mol. The standard InChI is InChI=1S/C23H23N3O2S/c1-27-22-13-17(14-26-20-6-4-3-5-19(20)25-23(26)24)9-12-21(22)28-15-16-7-10-18(29-2)11-8-16/h3-13H,14-15H2,1-2H3,(H2,24,25). The molecule has 4 aromatic rings. The number of hydrogen-bond donors (Lipinski definition) is 1. The SMILES string of the molecule is COc1cc(Cn2c(N)nc3ccccc32)ccc1OCc1ccc(SC)cc1. The fourth-order valence-corrected chi connectivity index (χ4v) is 3.66. The van der Waals surface area contributed by atoms with Gasteiger partial charge in [0.25, 0.3) is 0 Å². The molecule has 3 aromatic carbocycles. The van der Waals surface area contributed by atoms with Gasteiger partial charge in [-0.3, -0.25) is 0 Å². The Balaban J connectivity index is 1.52. The lowest BCUT2D eigenvalue weighted by atomic mass is 10.2. The van der Waals surface area contributed by atoms with E-state index >= 15 is 0 Å². The molecule has 0 spiro atoms. The maximum Gasteiger partial charge on any atom is 0.201 e. The van der Waals surface area contributed by atoms with Crippen molar-refractivity contribution in [1.82, 2.24) is 9.55 Å². The van der Waals surface area contributed by atoms with Gasteiger partial charge in [0.05, 0.1) is 24.7 Å². The van der Waals surface area contributed by atoms with Crippen LogP contribution in [-0.4, -0.2) is 22.9 Å². The van der Waals surface area contributed by atoms with E-state index in [2.05, 4.69) is 35.5 Å². The number of ether oxygens (including phenoxy) is 2. The Morgan fingerprint density at radius 1 is 0.966 bits per heavy atom. The molecular formula is C23H23N3O2S. The lowest BCUT2D eigenvalue weighted by Crippen LogP contribution is -2.05. The number of thioether (sulfide) groups is 1. The molecule has 2 N–H and O–H groups in total. The van der Waals surface area contributed by atoms with Crippen LogP contribution in [0.1, 0.15) is 11.1 Å². The molecule has 4 rings (SSSR count). The summed E-state index contributed by atoms with van der Waals surface area (Å²) in [5, 5.41) is 0. The fourth-order valence-electron chi connectivity index (χ4n) is 3.26. The second-order valence-electron chi connectivity index (χ2n) is 6.67. The number of imidazole rings is 1. The molecule has 0 aliphatic rings. The van der Waals surface area contributed by atoms with E-state index in [0.717, 1.165) is 22.2 Å². The first kappa shape index (κ1) is 19.2. The molecule has 29 heavy (non-hydrogen) atoms. The van der Waals surface area contributed by atoms with E-state index in [-0.39, 0.29) is 0 Å². The van der Waals surface area contributed by atoms with Crippen molar-refractivity contribution in [2.24, 2.45) is 0 Å². The van der Waals surface area contributed by atoms with Crippen LogP contribution < -0.4 is 15.2 Å². The lowest BCUT2D eigenvalue weighted by Gasteiger charge is -2.13. The van der Waals surface area contributed by atoms with E-state index in [4.69, 9.17) is 15.2 Å². The number of fused-ring (bicyclic) bond motifs is 1. The molecule has 0 radical (unpaired) electrons. The van der Waals surface area contributed by atoms with Crippen LogP contribution in [0.5, 0.6) is 11.5 Å². The smallest absolute Gasteiger partial charge is 0.201 e. The van der Waals surface area contributed by atoms with Crippen molar-refractivity contribution in [2.75, 3.05) is 19.1 Å². The van der Waals surface area contributed by atoms with Gasteiger partial charge in [-0.1, -0.05) is 30.3 Å². The van der Waals surface area contributed by atoms with Gasteiger partial charge in [0, 0.05) is 4.90 Å². The van der Waals surface area contributed by atoms with Crippen molar-refractivity contribution in [3.63, 3.8) is 0 Å². The molecule has 6 heteroatoms. The normalized spacial score (nSPS) is 11.0. The van der Waals surface area contributed by atoms with Crippen LogP contribution >= 0.6 is 11.8 Å². The summed E-state index contributed by atoms with van der Waals surface area (Å²) in [6.07, 6.45) is 2.07. The predicted octanol–water partition coefficient (Wildman–Crippen LogP) is 4.98. The summed E-state index contributed by atoms with van der Waals surface area (Å²) in [5.41, 5.74) is 10.2. The number of hydrogen-bond acceptors (Lipinski definition) is 5. The Bertz CT molecular complexity index is 1120. The Morgan fingerprint density at radius 2 is 1.72 bits per heavy atom. The van der Waals surface area contributed by atoms with Gasteiger partial charge in [-0.25, -0.2) is 4.98 Å². The highest BCUT2D eigenvalue weighted by Gasteiger charge is 2.11. The zero-order chi connectivity index (χ0) is 20.2. The van der Waals surface area contributed by atoms with E-state index in [1.807, 2.05) is 47.0 Å². The van der Waals surface area contributed by atoms with Crippen LogP contribution in [0.3, 0.4) is 0 Å². The summed E-state index contributed by atoms with van der Waals surface area (Å²) in [5.74, 6) is 1.92. The molecule has 1 aromatic heterocycles. The number of aromatic nitrogens is 2. The zero-order valence-electron chi connectivity index (χ0n) is 16.5. The van der Waals surface area contributed by atoms with Crippen LogP contribution in [0.2, 0.25) is 0 Å². The summed E-state index contributed by atoms with van der Waals surface area (Å²) >= 11 is 1.73. The maximum absolute atomic E-state index is 6.13. The minimum Gasteiger partial charge on any atom is -0.493 e. The van der Waals surface area contributed by atoms with Crippen molar-refractivity contribution in [3.05, 3.63) is 77.9 Å². The van der Waals surface area contributed by atoms with E-state index in [0.29, 0.717) is 30.6 Å². The molecule has 148 valence electrons. The van der Waals surface area contributed by atoms with Crippen molar-refractivity contribution in [1.29, 1.82) is 0 Å². The van der Waals surface area contributed by atoms with E-state index < -0.39 is 0 Å². The summed E-state index contributed by atoms with van der Waals surface area (Å²) < 4.78 is 13.6. The molecule has 1 heterocycles. The van der Waals surface area contributed by atoms with Crippen molar-refractivity contribution in [3.8, 4) is 11.5 Å². The Hall–Kier alpha value is -3.12. The van der Waals surface area contributed by atoms with Gasteiger partial charge >= 0.3 is 0 Å². The molecule has 0 fully saturated rings. The Labute approximate surface area is 174 Å². The molecule has 0 aliphatic heterocycles. The first-order chi connectivity index (χ1) is 14.2. The number of anilines is 1. The van der Waals surface area contributed by atoms with Crippen LogP contribution in [-0.2, 0) is 13.2 Å². The summed E-state index contributed by atoms with van der Waals surface area (Å²) in [7, 11) is 1.65. The molecule has 0 bridgehead atoms. The fraction of sp³-hybridized carbons (Fsp3) is 0.174. The van der Waals surface area contributed by atoms with Crippen LogP contribution in [0, 0.1) is 0 Å². The molecule has 5 nitrogen and oxygen atoms in total. The van der Waals surface area contributed by atoms with Crippen molar-refractivity contribution >= 4 is 28.7 Å². The van der Waals surface area contributed by atoms with Gasteiger partial charge in [-0.2, -0.15) is 0 Å².